The summed E-state index contributed by atoms with van der Waals surface area (Å²) in [4.78, 5) is 0. The predicted octanol–water partition coefficient (Wildman–Crippen LogP) is 2.51. The lowest BCUT2D eigenvalue weighted by Crippen LogP contribution is -2.28. The summed E-state index contributed by atoms with van der Waals surface area (Å²) in [6.07, 6.45) is -0.307. The molecular weight excluding hydrogens is 212 g/mol. The van der Waals surface area contributed by atoms with Crippen molar-refractivity contribution in [1.29, 1.82) is 0 Å². The van der Waals surface area contributed by atoms with Crippen LogP contribution in [0.2, 0.25) is 0 Å². The summed E-state index contributed by atoms with van der Waals surface area (Å²) in [5.41, 5.74) is 6.53. The van der Waals surface area contributed by atoms with E-state index in [1.54, 1.807) is 12.1 Å². The lowest BCUT2D eigenvalue weighted by Gasteiger charge is -2.17. The van der Waals surface area contributed by atoms with Crippen molar-refractivity contribution in [1.82, 2.24) is 0 Å². The first-order chi connectivity index (χ1) is 7.32. The topological polar surface area (TPSA) is 35.2 Å². The average Bonchev–Trinajstić information content (AvgIpc) is 2.71. The predicted molar refractivity (Wildman–Crippen MR) is 57.9 cm³/mol. The highest BCUT2D eigenvalue weighted by atomic mass is 19.3. The van der Waals surface area contributed by atoms with Gasteiger partial charge in [-0.15, -0.1) is 0 Å². The monoisotopic (exact) mass is 227 g/mol. The van der Waals surface area contributed by atoms with E-state index in [0.29, 0.717) is 11.3 Å². The van der Waals surface area contributed by atoms with Crippen molar-refractivity contribution in [3.63, 3.8) is 0 Å². The van der Waals surface area contributed by atoms with E-state index in [0.717, 1.165) is 11.1 Å². The van der Waals surface area contributed by atoms with Crippen LogP contribution in [0.4, 0.5) is 8.78 Å². The second-order valence-corrected chi connectivity index (χ2v) is 4.49. The van der Waals surface area contributed by atoms with E-state index in [1.165, 1.54) is 7.11 Å². The Kier molecular flexibility index (Phi) is 2.24. The summed E-state index contributed by atoms with van der Waals surface area (Å²) in [7, 11) is 1.47. The molecule has 2 nitrogen and oxygen atoms in total. The molecule has 0 aromatic heterocycles. The van der Waals surface area contributed by atoms with Crippen molar-refractivity contribution in [3.05, 3.63) is 28.8 Å². The van der Waals surface area contributed by atoms with Crippen LogP contribution in [0.3, 0.4) is 0 Å². The van der Waals surface area contributed by atoms with Crippen molar-refractivity contribution in [2.24, 2.45) is 5.73 Å². The fourth-order valence-corrected chi connectivity index (χ4v) is 1.91. The maximum absolute atomic E-state index is 13.2. The molecule has 0 saturated heterocycles. The zero-order valence-electron chi connectivity index (χ0n) is 9.60. The van der Waals surface area contributed by atoms with Gasteiger partial charge in [-0.2, -0.15) is 0 Å². The first-order valence-electron chi connectivity index (χ1n) is 5.14. The van der Waals surface area contributed by atoms with Crippen LogP contribution in [-0.4, -0.2) is 13.0 Å². The summed E-state index contributed by atoms with van der Waals surface area (Å²) < 4.78 is 31.6. The molecule has 0 bridgehead atoms. The maximum Gasteiger partial charge on any atom is 0.272 e. The molecule has 1 aromatic carbocycles. The van der Waals surface area contributed by atoms with Crippen LogP contribution in [0.5, 0.6) is 5.75 Å². The van der Waals surface area contributed by atoms with E-state index in [4.69, 9.17) is 10.5 Å². The molecule has 0 aliphatic heterocycles. The molecule has 1 atom stereocenters. The molecular formula is C12H15F2NO. The largest absolute Gasteiger partial charge is 0.496 e. The highest BCUT2D eigenvalue weighted by molar-refractivity contribution is 5.50. The van der Waals surface area contributed by atoms with Crippen molar-refractivity contribution in [2.75, 3.05) is 7.11 Å². The van der Waals surface area contributed by atoms with Crippen molar-refractivity contribution < 1.29 is 13.5 Å². The molecule has 4 heteroatoms. The maximum atomic E-state index is 13.2. The Labute approximate surface area is 93.4 Å². The van der Waals surface area contributed by atoms with Crippen LogP contribution in [0.1, 0.15) is 23.1 Å². The molecule has 1 saturated carbocycles. The summed E-state index contributed by atoms with van der Waals surface area (Å²) in [5.74, 6) is -2.37. The van der Waals surface area contributed by atoms with Crippen LogP contribution in [0, 0.1) is 13.8 Å². The molecule has 1 fully saturated rings. The minimum atomic E-state index is -2.82. The quantitative estimate of drug-likeness (QED) is 0.842. The molecule has 1 aliphatic rings. The fourth-order valence-electron chi connectivity index (χ4n) is 1.91. The number of hydrogen-bond acceptors (Lipinski definition) is 2. The van der Waals surface area contributed by atoms with Crippen LogP contribution in [0.15, 0.2) is 12.1 Å². The standard InChI is InChI=1S/C12H15F2NO/c1-7-4-9(10(16-3)5-8(7)2)11(15)6-12(11,13)14/h4-5H,6,15H2,1-3H3. The van der Waals surface area contributed by atoms with Gasteiger partial charge in [-0.1, -0.05) is 6.07 Å². The average molecular weight is 227 g/mol. The third-order valence-electron chi connectivity index (χ3n) is 3.32. The van der Waals surface area contributed by atoms with E-state index >= 15 is 0 Å². The van der Waals surface area contributed by atoms with Gasteiger partial charge in [-0.3, -0.25) is 0 Å². The highest BCUT2D eigenvalue weighted by Crippen LogP contribution is 2.59. The van der Waals surface area contributed by atoms with Gasteiger partial charge in [0.15, 0.2) is 0 Å². The van der Waals surface area contributed by atoms with Gasteiger partial charge in [0.25, 0.3) is 5.92 Å². The smallest absolute Gasteiger partial charge is 0.272 e. The van der Waals surface area contributed by atoms with E-state index in [9.17, 15) is 8.78 Å². The van der Waals surface area contributed by atoms with Crippen LogP contribution in [0.25, 0.3) is 0 Å². The van der Waals surface area contributed by atoms with E-state index in [1.807, 2.05) is 13.8 Å². The lowest BCUT2D eigenvalue weighted by atomic mass is 9.98. The Bertz CT molecular complexity index is 445. The van der Waals surface area contributed by atoms with E-state index in [2.05, 4.69) is 0 Å². The number of halogens is 2. The van der Waals surface area contributed by atoms with Crippen molar-refractivity contribution >= 4 is 0 Å². The van der Waals surface area contributed by atoms with Crippen LogP contribution in [-0.2, 0) is 5.54 Å². The van der Waals surface area contributed by atoms with Gasteiger partial charge in [-0.25, -0.2) is 8.78 Å². The third-order valence-corrected chi connectivity index (χ3v) is 3.32. The summed E-state index contributed by atoms with van der Waals surface area (Å²) in [6, 6.07) is 3.46. The summed E-state index contributed by atoms with van der Waals surface area (Å²) in [5, 5.41) is 0. The molecule has 0 heterocycles. The number of ether oxygens (including phenoxy) is 1. The Balaban J connectivity index is 2.53. The Hall–Kier alpha value is -1.16. The molecule has 0 radical (unpaired) electrons. The zero-order chi connectivity index (χ0) is 12.1. The normalized spacial score (nSPS) is 26.6. The Morgan fingerprint density at radius 2 is 1.75 bits per heavy atom. The van der Waals surface area contributed by atoms with Crippen LogP contribution >= 0.6 is 0 Å². The number of benzene rings is 1. The van der Waals surface area contributed by atoms with Crippen LogP contribution < -0.4 is 10.5 Å². The summed E-state index contributed by atoms with van der Waals surface area (Å²) >= 11 is 0. The number of rotatable bonds is 2. The number of methoxy groups -OCH3 is 1. The number of hydrogen-bond donors (Lipinski definition) is 1. The molecule has 0 spiro atoms. The minimum Gasteiger partial charge on any atom is -0.496 e. The fraction of sp³-hybridized carbons (Fsp3) is 0.500. The second-order valence-electron chi connectivity index (χ2n) is 4.49. The van der Waals surface area contributed by atoms with Crippen molar-refractivity contribution in [2.45, 2.75) is 31.7 Å². The van der Waals surface area contributed by atoms with E-state index < -0.39 is 11.5 Å². The summed E-state index contributed by atoms with van der Waals surface area (Å²) in [6.45, 7) is 3.79. The molecule has 16 heavy (non-hydrogen) atoms. The number of aryl methyl sites for hydroxylation is 2. The van der Waals surface area contributed by atoms with Gasteiger partial charge in [0, 0.05) is 12.0 Å². The van der Waals surface area contributed by atoms with Gasteiger partial charge in [0.05, 0.1) is 7.11 Å². The number of nitrogens with two attached hydrogens (primary N) is 1. The number of alkyl halides is 2. The third kappa shape index (κ3) is 1.40. The highest BCUT2D eigenvalue weighted by Gasteiger charge is 2.70. The molecule has 88 valence electrons. The van der Waals surface area contributed by atoms with Gasteiger partial charge in [0.1, 0.15) is 11.3 Å². The van der Waals surface area contributed by atoms with Gasteiger partial charge >= 0.3 is 0 Å². The molecule has 2 N–H and O–H groups in total. The first kappa shape index (κ1) is 11.3. The zero-order valence-corrected chi connectivity index (χ0v) is 9.60. The molecule has 1 aliphatic carbocycles. The Morgan fingerprint density at radius 1 is 1.25 bits per heavy atom. The first-order valence-corrected chi connectivity index (χ1v) is 5.14. The molecule has 2 rings (SSSR count). The molecule has 1 unspecified atom stereocenters. The molecule has 1 aromatic rings. The molecule has 0 amide bonds. The van der Waals surface area contributed by atoms with Gasteiger partial charge < -0.3 is 10.5 Å². The lowest BCUT2D eigenvalue weighted by molar-refractivity contribution is 0.0884. The van der Waals surface area contributed by atoms with E-state index in [-0.39, 0.29) is 6.42 Å². The van der Waals surface area contributed by atoms with Gasteiger partial charge in [0.2, 0.25) is 0 Å². The second kappa shape index (κ2) is 3.17. The SMILES string of the molecule is COc1cc(C)c(C)cc1C1(N)CC1(F)F. The Morgan fingerprint density at radius 3 is 2.19 bits per heavy atom. The minimum absolute atomic E-state index is 0.307. The van der Waals surface area contributed by atoms with Gasteiger partial charge in [-0.05, 0) is 31.0 Å². The van der Waals surface area contributed by atoms with Crippen molar-refractivity contribution in [3.8, 4) is 5.75 Å².